The number of nitriles is 1. The SMILES string of the molecule is N#CCNC(=O)CNC(=O)Oc1sc(C2=NOC(c3cc(Cl)c(F)c(Cl)c3)(C(F)(F)F)C2)c2c1CCCC2. The lowest BCUT2D eigenvalue weighted by molar-refractivity contribution is -0.275. The number of halogens is 6. The molecule has 1 aliphatic heterocycles. The summed E-state index contributed by atoms with van der Waals surface area (Å²) in [4.78, 5) is 29.3. The van der Waals surface area contributed by atoms with Crippen LogP contribution in [-0.4, -0.2) is 37.0 Å². The van der Waals surface area contributed by atoms with Gasteiger partial charge in [-0.1, -0.05) is 39.7 Å². The van der Waals surface area contributed by atoms with E-state index in [4.69, 9.17) is 38.0 Å². The number of ether oxygens (including phenoxy) is 1. The number of benzene rings is 1. The van der Waals surface area contributed by atoms with Crippen molar-refractivity contribution in [2.24, 2.45) is 5.16 Å². The maximum absolute atomic E-state index is 14.4. The minimum Gasteiger partial charge on any atom is -0.399 e. The van der Waals surface area contributed by atoms with Crippen molar-refractivity contribution in [2.45, 2.75) is 43.9 Å². The van der Waals surface area contributed by atoms with Crippen LogP contribution < -0.4 is 15.4 Å². The van der Waals surface area contributed by atoms with E-state index in [-0.39, 0.29) is 17.3 Å². The van der Waals surface area contributed by atoms with Crippen LogP contribution in [0.5, 0.6) is 5.06 Å². The first-order valence-corrected chi connectivity index (χ1v) is 12.7. The summed E-state index contributed by atoms with van der Waals surface area (Å²) in [5.41, 5.74) is -2.11. The zero-order valence-electron chi connectivity index (χ0n) is 19.3. The van der Waals surface area contributed by atoms with Gasteiger partial charge in [0.1, 0.15) is 18.8 Å². The first kappa shape index (κ1) is 27.9. The molecule has 2 aromatic rings. The van der Waals surface area contributed by atoms with Crippen LogP contribution in [0.15, 0.2) is 17.3 Å². The molecule has 38 heavy (non-hydrogen) atoms. The zero-order valence-corrected chi connectivity index (χ0v) is 21.6. The molecule has 0 saturated heterocycles. The van der Waals surface area contributed by atoms with Gasteiger partial charge in [0.05, 0.1) is 27.4 Å². The van der Waals surface area contributed by atoms with E-state index in [2.05, 4.69) is 15.8 Å². The maximum Gasteiger partial charge on any atom is 0.435 e. The van der Waals surface area contributed by atoms with Crippen molar-refractivity contribution in [1.82, 2.24) is 10.6 Å². The molecule has 2 N–H and O–H groups in total. The van der Waals surface area contributed by atoms with Crippen LogP contribution in [0.1, 0.15) is 40.8 Å². The zero-order chi connectivity index (χ0) is 27.7. The molecule has 0 fully saturated rings. The number of alkyl halides is 3. The average molecular weight is 593 g/mol. The quantitative estimate of drug-likeness (QED) is 0.265. The molecule has 0 spiro atoms. The molecular weight excluding hydrogens is 575 g/mol. The van der Waals surface area contributed by atoms with Gasteiger partial charge in [-0.25, -0.2) is 9.18 Å². The van der Waals surface area contributed by atoms with E-state index < -0.39 is 58.2 Å². The second-order valence-electron chi connectivity index (χ2n) is 8.45. The monoisotopic (exact) mass is 592 g/mol. The second-order valence-corrected chi connectivity index (χ2v) is 10.2. The fourth-order valence-electron chi connectivity index (χ4n) is 4.20. The molecule has 1 atom stereocenters. The van der Waals surface area contributed by atoms with Crippen molar-refractivity contribution in [3.05, 3.63) is 49.6 Å². The first-order valence-electron chi connectivity index (χ1n) is 11.2. The predicted molar refractivity (Wildman–Crippen MR) is 130 cm³/mol. The standard InChI is InChI=1S/C23H18Cl2F4N4O4S/c24-14-7-11(8-15(25)18(14)26)22(23(27,28)29)9-16(33-37-22)19-12-3-1-2-4-13(12)20(38-19)36-21(35)32-10-17(34)31-6-5-30/h7-8H,1-4,6,9-10H2,(H,31,34)(H,32,35). The number of thiophene rings is 1. The number of hydrogen-bond acceptors (Lipinski definition) is 7. The van der Waals surface area contributed by atoms with Gasteiger partial charge in [-0.15, -0.1) is 0 Å². The summed E-state index contributed by atoms with van der Waals surface area (Å²) in [6.07, 6.45) is -4.06. The molecule has 15 heteroatoms. The van der Waals surface area contributed by atoms with Crippen molar-refractivity contribution < 1.29 is 36.7 Å². The minimum absolute atomic E-state index is 0.0202. The Morgan fingerprint density at radius 2 is 1.84 bits per heavy atom. The summed E-state index contributed by atoms with van der Waals surface area (Å²) in [5, 5.41) is 15.8. The number of nitrogens with one attached hydrogen (secondary N) is 2. The molecule has 202 valence electrons. The van der Waals surface area contributed by atoms with Crippen LogP contribution in [-0.2, 0) is 28.1 Å². The molecule has 0 radical (unpaired) electrons. The Balaban J connectivity index is 1.61. The van der Waals surface area contributed by atoms with Crippen LogP contribution >= 0.6 is 34.5 Å². The molecule has 4 rings (SSSR count). The first-order chi connectivity index (χ1) is 18.0. The van der Waals surface area contributed by atoms with Gasteiger partial charge < -0.3 is 20.2 Å². The highest BCUT2D eigenvalue weighted by atomic mass is 35.5. The Hall–Kier alpha value is -3.08. The van der Waals surface area contributed by atoms with E-state index in [9.17, 15) is 27.2 Å². The summed E-state index contributed by atoms with van der Waals surface area (Å²) in [6, 6.07) is 3.35. The average Bonchev–Trinajstić information content (AvgIpc) is 3.48. The number of hydrogen-bond donors (Lipinski definition) is 2. The number of oxime groups is 1. The summed E-state index contributed by atoms with van der Waals surface area (Å²) >= 11 is 12.5. The number of carbonyl (C=O) groups is 2. The van der Waals surface area contributed by atoms with Gasteiger partial charge in [0, 0.05) is 11.1 Å². The Bertz CT molecular complexity index is 1340. The lowest BCUT2D eigenvalue weighted by Gasteiger charge is -2.29. The van der Waals surface area contributed by atoms with Crippen LogP contribution in [0.25, 0.3) is 0 Å². The fraction of sp³-hybridized carbons (Fsp3) is 0.391. The number of rotatable bonds is 6. The third-order valence-electron chi connectivity index (χ3n) is 6.02. The third kappa shape index (κ3) is 5.39. The number of nitrogens with zero attached hydrogens (tertiary/aromatic N) is 2. The number of amides is 2. The molecule has 1 unspecified atom stereocenters. The Morgan fingerprint density at radius 1 is 1.18 bits per heavy atom. The smallest absolute Gasteiger partial charge is 0.399 e. The molecule has 2 heterocycles. The highest BCUT2D eigenvalue weighted by molar-refractivity contribution is 7.16. The maximum atomic E-state index is 14.4. The van der Waals surface area contributed by atoms with Crippen molar-refractivity contribution in [1.29, 1.82) is 5.26 Å². The van der Waals surface area contributed by atoms with Crippen molar-refractivity contribution in [2.75, 3.05) is 13.1 Å². The number of carbonyl (C=O) groups excluding carboxylic acids is 2. The minimum atomic E-state index is -4.97. The topological polar surface area (TPSA) is 113 Å². The van der Waals surface area contributed by atoms with Gasteiger partial charge in [0.25, 0.3) is 5.60 Å². The molecule has 1 aromatic heterocycles. The Morgan fingerprint density at radius 3 is 2.47 bits per heavy atom. The van der Waals surface area contributed by atoms with Crippen molar-refractivity contribution in [3.8, 4) is 11.1 Å². The molecular formula is C23H18Cl2F4N4O4S. The van der Waals surface area contributed by atoms with Crippen LogP contribution in [0.4, 0.5) is 22.4 Å². The normalized spacial score (nSPS) is 18.6. The predicted octanol–water partition coefficient (Wildman–Crippen LogP) is 5.38. The largest absolute Gasteiger partial charge is 0.435 e. The lowest BCUT2D eigenvalue weighted by atomic mass is 9.86. The molecule has 8 nitrogen and oxygen atoms in total. The van der Waals surface area contributed by atoms with Gasteiger partial charge in [-0.3, -0.25) is 4.79 Å². The van der Waals surface area contributed by atoms with Gasteiger partial charge in [0.2, 0.25) is 5.91 Å². The van der Waals surface area contributed by atoms with Gasteiger partial charge in [0.15, 0.2) is 10.9 Å². The van der Waals surface area contributed by atoms with E-state index in [0.29, 0.717) is 28.8 Å². The fourth-order valence-corrected chi connectivity index (χ4v) is 5.91. The second kappa shape index (κ2) is 11.0. The molecule has 1 aliphatic carbocycles. The van der Waals surface area contributed by atoms with Crippen LogP contribution in [0, 0.1) is 17.1 Å². The third-order valence-corrected chi connectivity index (χ3v) is 7.78. The van der Waals surface area contributed by atoms with Crippen molar-refractivity contribution >= 4 is 52.3 Å². The molecule has 1 aromatic carbocycles. The summed E-state index contributed by atoms with van der Waals surface area (Å²) in [7, 11) is 0. The number of fused-ring (bicyclic) bond motifs is 1. The van der Waals surface area contributed by atoms with Gasteiger partial charge in [-0.2, -0.15) is 18.4 Å². The van der Waals surface area contributed by atoms with Crippen LogP contribution in [0.3, 0.4) is 0 Å². The van der Waals surface area contributed by atoms with Crippen molar-refractivity contribution in [3.63, 3.8) is 0 Å². The highest BCUT2D eigenvalue weighted by Crippen LogP contribution is 2.52. The van der Waals surface area contributed by atoms with E-state index in [1.807, 2.05) is 0 Å². The lowest BCUT2D eigenvalue weighted by Crippen LogP contribution is -2.42. The molecule has 2 aliphatic rings. The Labute approximate surface area is 227 Å². The van der Waals surface area contributed by atoms with Gasteiger partial charge in [-0.05, 0) is 43.4 Å². The summed E-state index contributed by atoms with van der Waals surface area (Å²) < 4.78 is 62.5. The highest BCUT2D eigenvalue weighted by Gasteiger charge is 2.63. The summed E-state index contributed by atoms with van der Waals surface area (Å²) in [5.74, 6) is -1.65. The Kier molecular flexibility index (Phi) is 8.06. The molecule has 2 amide bonds. The van der Waals surface area contributed by atoms with E-state index in [1.54, 1.807) is 6.07 Å². The molecule has 0 bridgehead atoms. The van der Waals surface area contributed by atoms with E-state index in [1.165, 1.54) is 0 Å². The molecule has 0 saturated carbocycles. The summed E-state index contributed by atoms with van der Waals surface area (Å²) in [6.45, 7) is -0.657. The van der Waals surface area contributed by atoms with E-state index >= 15 is 0 Å². The van der Waals surface area contributed by atoms with Gasteiger partial charge >= 0.3 is 12.3 Å². The van der Waals surface area contributed by atoms with E-state index in [0.717, 1.165) is 36.3 Å². The van der Waals surface area contributed by atoms with Crippen LogP contribution in [0.2, 0.25) is 10.0 Å².